The first kappa shape index (κ1) is 11.9. The van der Waals surface area contributed by atoms with Gasteiger partial charge in [0.1, 0.15) is 11.5 Å². The van der Waals surface area contributed by atoms with Crippen LogP contribution in [-0.4, -0.2) is 20.8 Å². The standard InChI is InChI=1S/C12H19NO2/c1-12(2,8-13)11-9(14-3)6-5-7-10(11)15-4/h5-7H,8,13H2,1-4H3. The van der Waals surface area contributed by atoms with Gasteiger partial charge in [0.15, 0.2) is 0 Å². The van der Waals surface area contributed by atoms with Crippen molar-refractivity contribution < 1.29 is 9.47 Å². The molecule has 0 aliphatic heterocycles. The molecule has 0 unspecified atom stereocenters. The fourth-order valence-electron chi connectivity index (χ4n) is 1.62. The number of benzene rings is 1. The van der Waals surface area contributed by atoms with E-state index in [0.29, 0.717) is 6.54 Å². The van der Waals surface area contributed by atoms with Crippen molar-refractivity contribution in [3.8, 4) is 11.5 Å². The smallest absolute Gasteiger partial charge is 0.126 e. The van der Waals surface area contributed by atoms with E-state index in [1.54, 1.807) is 14.2 Å². The van der Waals surface area contributed by atoms with Gasteiger partial charge >= 0.3 is 0 Å². The molecule has 0 fully saturated rings. The minimum absolute atomic E-state index is 0.155. The quantitative estimate of drug-likeness (QED) is 0.824. The minimum atomic E-state index is -0.155. The van der Waals surface area contributed by atoms with E-state index in [4.69, 9.17) is 15.2 Å². The van der Waals surface area contributed by atoms with Gasteiger partial charge in [-0.05, 0) is 12.1 Å². The molecule has 0 spiro atoms. The largest absolute Gasteiger partial charge is 0.496 e. The molecule has 0 amide bonds. The van der Waals surface area contributed by atoms with Crippen LogP contribution in [0.5, 0.6) is 11.5 Å². The molecule has 1 aromatic carbocycles. The Kier molecular flexibility index (Phi) is 3.58. The topological polar surface area (TPSA) is 44.5 Å². The van der Waals surface area contributed by atoms with Crippen LogP contribution in [0.4, 0.5) is 0 Å². The Hall–Kier alpha value is -1.22. The molecule has 3 heteroatoms. The molecule has 0 radical (unpaired) electrons. The molecule has 2 N–H and O–H groups in total. The van der Waals surface area contributed by atoms with Crippen LogP contribution in [0.3, 0.4) is 0 Å². The maximum absolute atomic E-state index is 5.77. The van der Waals surface area contributed by atoms with Gasteiger partial charge in [0.2, 0.25) is 0 Å². The van der Waals surface area contributed by atoms with Crippen molar-refractivity contribution in [3.63, 3.8) is 0 Å². The summed E-state index contributed by atoms with van der Waals surface area (Å²) in [6, 6.07) is 5.76. The van der Waals surface area contributed by atoms with Crippen LogP contribution in [0.1, 0.15) is 19.4 Å². The normalized spacial score (nSPS) is 11.3. The van der Waals surface area contributed by atoms with Gasteiger partial charge < -0.3 is 15.2 Å². The first-order chi connectivity index (χ1) is 7.06. The first-order valence-electron chi connectivity index (χ1n) is 4.98. The first-order valence-corrected chi connectivity index (χ1v) is 4.98. The zero-order valence-electron chi connectivity index (χ0n) is 9.83. The maximum Gasteiger partial charge on any atom is 0.126 e. The Morgan fingerprint density at radius 3 is 1.93 bits per heavy atom. The number of ether oxygens (including phenoxy) is 2. The number of hydrogen-bond acceptors (Lipinski definition) is 3. The monoisotopic (exact) mass is 209 g/mol. The lowest BCUT2D eigenvalue weighted by Gasteiger charge is -2.27. The summed E-state index contributed by atoms with van der Waals surface area (Å²) < 4.78 is 10.7. The molecule has 0 bridgehead atoms. The summed E-state index contributed by atoms with van der Waals surface area (Å²) >= 11 is 0. The average molecular weight is 209 g/mol. The van der Waals surface area contributed by atoms with Crippen molar-refractivity contribution in [1.29, 1.82) is 0 Å². The molecule has 0 aliphatic rings. The SMILES string of the molecule is COc1cccc(OC)c1C(C)(C)CN. The van der Waals surface area contributed by atoms with Crippen LogP contribution in [0.15, 0.2) is 18.2 Å². The summed E-state index contributed by atoms with van der Waals surface area (Å²) in [4.78, 5) is 0. The molecule has 0 saturated heterocycles. The van der Waals surface area contributed by atoms with Gasteiger partial charge in [-0.2, -0.15) is 0 Å². The predicted molar refractivity (Wildman–Crippen MR) is 61.6 cm³/mol. The summed E-state index contributed by atoms with van der Waals surface area (Å²) in [6.45, 7) is 4.70. The second-order valence-electron chi connectivity index (χ2n) is 4.13. The van der Waals surface area contributed by atoms with Gasteiger partial charge in [-0.15, -0.1) is 0 Å². The third-order valence-electron chi connectivity index (χ3n) is 2.61. The van der Waals surface area contributed by atoms with E-state index < -0.39 is 0 Å². The molecule has 0 atom stereocenters. The molecule has 0 saturated carbocycles. The lowest BCUT2D eigenvalue weighted by Crippen LogP contribution is -2.29. The van der Waals surface area contributed by atoms with Gasteiger partial charge in [-0.3, -0.25) is 0 Å². The molecule has 0 aromatic heterocycles. The van der Waals surface area contributed by atoms with Gasteiger partial charge in [-0.25, -0.2) is 0 Å². The Bertz CT molecular complexity index is 312. The third-order valence-corrected chi connectivity index (χ3v) is 2.61. The highest BCUT2D eigenvalue weighted by Crippen LogP contribution is 2.38. The van der Waals surface area contributed by atoms with Gasteiger partial charge in [0.25, 0.3) is 0 Å². The van der Waals surface area contributed by atoms with Crippen LogP contribution in [0.25, 0.3) is 0 Å². The number of methoxy groups -OCH3 is 2. The van der Waals surface area contributed by atoms with E-state index in [1.165, 1.54) is 0 Å². The van der Waals surface area contributed by atoms with Crippen molar-refractivity contribution >= 4 is 0 Å². The van der Waals surface area contributed by atoms with Crippen molar-refractivity contribution in [2.24, 2.45) is 5.73 Å². The van der Waals surface area contributed by atoms with E-state index in [1.807, 2.05) is 18.2 Å². The van der Waals surface area contributed by atoms with Crippen molar-refractivity contribution in [3.05, 3.63) is 23.8 Å². The summed E-state index contributed by atoms with van der Waals surface area (Å²) in [5, 5.41) is 0. The molecule has 0 aliphatic carbocycles. The summed E-state index contributed by atoms with van der Waals surface area (Å²) in [5.41, 5.74) is 6.65. The van der Waals surface area contributed by atoms with Crippen molar-refractivity contribution in [2.75, 3.05) is 20.8 Å². The lowest BCUT2D eigenvalue weighted by molar-refractivity contribution is 0.363. The molecule has 0 heterocycles. The van der Waals surface area contributed by atoms with E-state index >= 15 is 0 Å². The predicted octanol–water partition coefficient (Wildman–Crippen LogP) is 1.94. The lowest BCUT2D eigenvalue weighted by atomic mass is 9.83. The van der Waals surface area contributed by atoms with E-state index in [9.17, 15) is 0 Å². The Labute approximate surface area is 91.2 Å². The molecular weight excluding hydrogens is 190 g/mol. The van der Waals surface area contributed by atoms with E-state index in [0.717, 1.165) is 17.1 Å². The van der Waals surface area contributed by atoms with Crippen LogP contribution in [0, 0.1) is 0 Å². The summed E-state index contributed by atoms with van der Waals surface area (Å²) in [6.07, 6.45) is 0. The van der Waals surface area contributed by atoms with Crippen LogP contribution >= 0.6 is 0 Å². The fourth-order valence-corrected chi connectivity index (χ4v) is 1.62. The van der Waals surface area contributed by atoms with E-state index in [-0.39, 0.29) is 5.41 Å². The van der Waals surface area contributed by atoms with Gasteiger partial charge in [-0.1, -0.05) is 19.9 Å². The second kappa shape index (κ2) is 4.53. The molecule has 1 rings (SSSR count). The molecule has 1 aromatic rings. The number of nitrogens with two attached hydrogens (primary N) is 1. The Morgan fingerprint density at radius 1 is 1.13 bits per heavy atom. The highest BCUT2D eigenvalue weighted by atomic mass is 16.5. The van der Waals surface area contributed by atoms with Crippen molar-refractivity contribution in [2.45, 2.75) is 19.3 Å². The Balaban J connectivity index is 3.34. The fraction of sp³-hybridized carbons (Fsp3) is 0.500. The second-order valence-corrected chi connectivity index (χ2v) is 4.13. The van der Waals surface area contributed by atoms with Crippen LogP contribution < -0.4 is 15.2 Å². The van der Waals surface area contributed by atoms with Crippen LogP contribution in [-0.2, 0) is 5.41 Å². The highest BCUT2D eigenvalue weighted by Gasteiger charge is 2.26. The molecule has 15 heavy (non-hydrogen) atoms. The summed E-state index contributed by atoms with van der Waals surface area (Å²) in [7, 11) is 3.32. The Morgan fingerprint density at radius 2 is 1.60 bits per heavy atom. The number of rotatable bonds is 4. The maximum atomic E-state index is 5.77. The van der Waals surface area contributed by atoms with Gasteiger partial charge in [0, 0.05) is 17.5 Å². The number of hydrogen-bond donors (Lipinski definition) is 1. The highest BCUT2D eigenvalue weighted by molar-refractivity contribution is 5.49. The van der Waals surface area contributed by atoms with Crippen molar-refractivity contribution in [1.82, 2.24) is 0 Å². The average Bonchev–Trinajstić information content (AvgIpc) is 2.27. The summed E-state index contributed by atoms with van der Waals surface area (Å²) in [5.74, 6) is 1.65. The van der Waals surface area contributed by atoms with Gasteiger partial charge in [0.05, 0.1) is 14.2 Å². The zero-order chi connectivity index (χ0) is 11.5. The third kappa shape index (κ3) is 2.23. The molecular formula is C12H19NO2. The molecule has 84 valence electrons. The molecule has 3 nitrogen and oxygen atoms in total. The van der Waals surface area contributed by atoms with E-state index in [2.05, 4.69) is 13.8 Å². The van der Waals surface area contributed by atoms with Crippen LogP contribution in [0.2, 0.25) is 0 Å². The minimum Gasteiger partial charge on any atom is -0.496 e. The zero-order valence-corrected chi connectivity index (χ0v) is 9.83.